The Bertz CT molecular complexity index is 325. The standard InChI is InChI=1S/C10H18N6/c1-2-8-13-9(15-11)7-10(14-8)16-5-3-12-4-6-16/h7,12H,2-6,11H2,1H3,(H,13,14,15). The molecule has 1 fully saturated rings. The molecule has 6 heteroatoms. The molecule has 0 radical (unpaired) electrons. The van der Waals surface area contributed by atoms with Crippen molar-refractivity contribution in [3.63, 3.8) is 0 Å². The Labute approximate surface area is 95.2 Å². The van der Waals surface area contributed by atoms with E-state index in [1.54, 1.807) is 0 Å². The number of aromatic nitrogens is 2. The van der Waals surface area contributed by atoms with E-state index in [0.29, 0.717) is 5.82 Å². The van der Waals surface area contributed by atoms with Crippen LogP contribution in [0.15, 0.2) is 6.07 Å². The van der Waals surface area contributed by atoms with Crippen LogP contribution < -0.4 is 21.5 Å². The van der Waals surface area contributed by atoms with E-state index in [-0.39, 0.29) is 0 Å². The molecule has 0 aliphatic carbocycles. The van der Waals surface area contributed by atoms with Gasteiger partial charge in [-0.3, -0.25) is 0 Å². The summed E-state index contributed by atoms with van der Waals surface area (Å²) in [5.41, 5.74) is 2.59. The number of aryl methyl sites for hydroxylation is 1. The van der Waals surface area contributed by atoms with Crippen LogP contribution in [0.5, 0.6) is 0 Å². The molecule has 1 aromatic rings. The molecule has 2 heterocycles. The summed E-state index contributed by atoms with van der Waals surface area (Å²) >= 11 is 0. The van der Waals surface area contributed by atoms with Gasteiger partial charge in [0.2, 0.25) is 0 Å². The Kier molecular flexibility index (Phi) is 3.53. The van der Waals surface area contributed by atoms with E-state index in [4.69, 9.17) is 5.84 Å². The molecule has 2 rings (SSSR count). The molecule has 6 nitrogen and oxygen atoms in total. The van der Waals surface area contributed by atoms with E-state index >= 15 is 0 Å². The maximum Gasteiger partial charge on any atom is 0.145 e. The number of rotatable bonds is 3. The van der Waals surface area contributed by atoms with Crippen molar-refractivity contribution in [3.05, 3.63) is 11.9 Å². The Morgan fingerprint density at radius 2 is 2.19 bits per heavy atom. The summed E-state index contributed by atoms with van der Waals surface area (Å²) in [5, 5.41) is 3.32. The predicted octanol–water partition coefficient (Wildman–Crippen LogP) is -0.266. The molecule has 0 amide bonds. The summed E-state index contributed by atoms with van der Waals surface area (Å²) in [6.45, 7) is 5.99. The van der Waals surface area contributed by atoms with Crippen molar-refractivity contribution in [1.82, 2.24) is 15.3 Å². The van der Waals surface area contributed by atoms with E-state index in [1.165, 1.54) is 0 Å². The zero-order valence-corrected chi connectivity index (χ0v) is 9.53. The van der Waals surface area contributed by atoms with Crippen LogP contribution in [-0.2, 0) is 6.42 Å². The fourth-order valence-corrected chi connectivity index (χ4v) is 1.77. The zero-order valence-electron chi connectivity index (χ0n) is 9.53. The minimum atomic E-state index is 0.681. The first-order chi connectivity index (χ1) is 7.83. The van der Waals surface area contributed by atoms with Gasteiger partial charge in [-0.1, -0.05) is 6.92 Å². The molecule has 1 aromatic heterocycles. The van der Waals surface area contributed by atoms with Gasteiger partial charge < -0.3 is 15.6 Å². The third-order valence-corrected chi connectivity index (χ3v) is 2.66. The predicted molar refractivity (Wildman–Crippen MR) is 64.3 cm³/mol. The third-order valence-electron chi connectivity index (χ3n) is 2.66. The molecule has 0 aromatic carbocycles. The van der Waals surface area contributed by atoms with Crippen LogP contribution in [0.25, 0.3) is 0 Å². The average molecular weight is 222 g/mol. The Balaban J connectivity index is 2.24. The maximum atomic E-state index is 5.40. The first-order valence-corrected chi connectivity index (χ1v) is 5.63. The van der Waals surface area contributed by atoms with Gasteiger partial charge in [0.25, 0.3) is 0 Å². The molecule has 1 aliphatic rings. The molecule has 0 bridgehead atoms. The largest absolute Gasteiger partial charge is 0.354 e. The lowest BCUT2D eigenvalue weighted by atomic mass is 10.3. The minimum Gasteiger partial charge on any atom is -0.354 e. The van der Waals surface area contributed by atoms with Gasteiger partial charge in [0, 0.05) is 38.7 Å². The second kappa shape index (κ2) is 5.09. The molecular formula is C10H18N6. The number of nitrogens with two attached hydrogens (primary N) is 1. The van der Waals surface area contributed by atoms with Gasteiger partial charge in [-0.05, 0) is 0 Å². The van der Waals surface area contributed by atoms with Crippen LogP contribution in [0.1, 0.15) is 12.7 Å². The monoisotopic (exact) mass is 222 g/mol. The lowest BCUT2D eigenvalue weighted by molar-refractivity contribution is 0.583. The van der Waals surface area contributed by atoms with Crippen LogP contribution in [0.3, 0.4) is 0 Å². The average Bonchev–Trinajstić information content (AvgIpc) is 2.39. The van der Waals surface area contributed by atoms with Crippen LogP contribution in [0, 0.1) is 0 Å². The summed E-state index contributed by atoms with van der Waals surface area (Å²) in [5.74, 6) is 7.86. The maximum absolute atomic E-state index is 5.40. The highest BCUT2D eigenvalue weighted by Gasteiger charge is 2.13. The molecule has 4 N–H and O–H groups in total. The van der Waals surface area contributed by atoms with Crippen molar-refractivity contribution in [1.29, 1.82) is 0 Å². The Morgan fingerprint density at radius 3 is 2.81 bits per heavy atom. The second-order valence-corrected chi connectivity index (χ2v) is 3.76. The minimum absolute atomic E-state index is 0.681. The number of nitrogens with one attached hydrogen (secondary N) is 2. The highest BCUT2D eigenvalue weighted by molar-refractivity contribution is 5.49. The first-order valence-electron chi connectivity index (χ1n) is 5.63. The van der Waals surface area contributed by atoms with Crippen molar-refractivity contribution >= 4 is 11.6 Å². The number of nitrogens with zero attached hydrogens (tertiary/aromatic N) is 3. The molecule has 88 valence electrons. The summed E-state index contributed by atoms with van der Waals surface area (Å²) < 4.78 is 0. The van der Waals surface area contributed by atoms with Gasteiger partial charge in [0.05, 0.1) is 0 Å². The van der Waals surface area contributed by atoms with Crippen LogP contribution in [0.2, 0.25) is 0 Å². The third kappa shape index (κ3) is 2.40. The van der Waals surface area contributed by atoms with Crippen molar-refractivity contribution in [2.45, 2.75) is 13.3 Å². The quantitative estimate of drug-likeness (QED) is 0.483. The first kappa shape index (κ1) is 11.1. The molecule has 1 aliphatic heterocycles. The van der Waals surface area contributed by atoms with Crippen LogP contribution >= 0.6 is 0 Å². The molecule has 0 spiro atoms. The van der Waals surface area contributed by atoms with E-state index in [0.717, 1.165) is 44.2 Å². The number of hydrogen-bond acceptors (Lipinski definition) is 6. The van der Waals surface area contributed by atoms with Crippen LogP contribution in [0.4, 0.5) is 11.6 Å². The number of hydrogen-bond donors (Lipinski definition) is 3. The molecular weight excluding hydrogens is 204 g/mol. The van der Waals surface area contributed by atoms with E-state index in [9.17, 15) is 0 Å². The zero-order chi connectivity index (χ0) is 11.4. The second-order valence-electron chi connectivity index (χ2n) is 3.76. The topological polar surface area (TPSA) is 79.1 Å². The molecule has 0 atom stereocenters. The lowest BCUT2D eigenvalue weighted by Crippen LogP contribution is -2.44. The van der Waals surface area contributed by atoms with Gasteiger partial charge in [0.1, 0.15) is 17.5 Å². The van der Waals surface area contributed by atoms with Crippen molar-refractivity contribution in [2.24, 2.45) is 5.84 Å². The number of anilines is 2. The molecule has 0 unspecified atom stereocenters. The normalized spacial score (nSPS) is 16.2. The van der Waals surface area contributed by atoms with Crippen molar-refractivity contribution in [3.8, 4) is 0 Å². The van der Waals surface area contributed by atoms with E-state index in [1.807, 2.05) is 13.0 Å². The molecule has 16 heavy (non-hydrogen) atoms. The fourth-order valence-electron chi connectivity index (χ4n) is 1.77. The van der Waals surface area contributed by atoms with Gasteiger partial charge in [-0.25, -0.2) is 15.8 Å². The molecule has 1 saturated heterocycles. The molecule has 0 saturated carbocycles. The summed E-state index contributed by atoms with van der Waals surface area (Å²) in [6.07, 6.45) is 0.814. The van der Waals surface area contributed by atoms with Gasteiger partial charge in [-0.2, -0.15) is 0 Å². The lowest BCUT2D eigenvalue weighted by Gasteiger charge is -2.28. The number of nitrogen functional groups attached to an aromatic ring is 1. The van der Waals surface area contributed by atoms with Crippen LogP contribution in [-0.4, -0.2) is 36.1 Å². The summed E-state index contributed by atoms with van der Waals surface area (Å²) in [4.78, 5) is 11.0. The van der Waals surface area contributed by atoms with Gasteiger partial charge in [-0.15, -0.1) is 0 Å². The number of hydrazine groups is 1. The van der Waals surface area contributed by atoms with Crippen molar-refractivity contribution in [2.75, 3.05) is 36.5 Å². The smallest absolute Gasteiger partial charge is 0.145 e. The van der Waals surface area contributed by atoms with E-state index in [2.05, 4.69) is 25.6 Å². The van der Waals surface area contributed by atoms with Gasteiger partial charge >= 0.3 is 0 Å². The summed E-state index contributed by atoms with van der Waals surface area (Å²) in [6, 6.07) is 1.89. The highest BCUT2D eigenvalue weighted by atomic mass is 15.3. The SMILES string of the molecule is CCc1nc(NN)cc(N2CCNCC2)n1. The highest BCUT2D eigenvalue weighted by Crippen LogP contribution is 2.16. The Morgan fingerprint density at radius 1 is 1.44 bits per heavy atom. The summed E-state index contributed by atoms with van der Waals surface area (Å²) in [7, 11) is 0. The Hall–Kier alpha value is -1.40. The van der Waals surface area contributed by atoms with Crippen molar-refractivity contribution < 1.29 is 0 Å². The van der Waals surface area contributed by atoms with E-state index < -0.39 is 0 Å². The van der Waals surface area contributed by atoms with Gasteiger partial charge in [0.15, 0.2) is 0 Å². The number of piperazine rings is 1. The fraction of sp³-hybridized carbons (Fsp3) is 0.600.